The molecule has 4 heteroatoms. The van der Waals surface area contributed by atoms with Gasteiger partial charge in [-0.3, -0.25) is 0 Å². The molecule has 21 heavy (non-hydrogen) atoms. The molecule has 0 fully saturated rings. The molecule has 0 saturated carbocycles. The van der Waals surface area contributed by atoms with Gasteiger partial charge in [-0.05, 0) is 23.3 Å². The van der Waals surface area contributed by atoms with Crippen LogP contribution in [0, 0.1) is 0 Å². The Morgan fingerprint density at radius 2 is 1.81 bits per heavy atom. The number of aliphatic hydroxyl groups is 1. The molecule has 0 heterocycles. The number of hydrogen-bond acceptors (Lipinski definition) is 3. The molecule has 0 amide bonds. The average Bonchev–Trinajstić information content (AvgIpc) is 2.47. The van der Waals surface area contributed by atoms with E-state index in [1.165, 1.54) is 0 Å². The van der Waals surface area contributed by atoms with Gasteiger partial charge in [0.1, 0.15) is 0 Å². The highest BCUT2D eigenvalue weighted by atomic mass is 35.5. The molecule has 2 aromatic carbocycles. The molecule has 0 spiro atoms. The first-order chi connectivity index (χ1) is 9.99. The van der Waals surface area contributed by atoms with Crippen LogP contribution in [0.25, 0.3) is 0 Å². The minimum Gasteiger partial charge on any atom is -0.391 e. The Hall–Kier alpha value is -1.55. The maximum Gasteiger partial charge on any atom is 0.0773 e. The lowest BCUT2D eigenvalue weighted by Crippen LogP contribution is -2.28. The molecule has 0 unspecified atom stereocenters. The van der Waals surface area contributed by atoms with E-state index in [4.69, 9.17) is 17.3 Å². The van der Waals surface area contributed by atoms with E-state index in [-0.39, 0.29) is 0 Å². The summed E-state index contributed by atoms with van der Waals surface area (Å²) in [6.07, 6.45) is -0.163. The molecule has 3 nitrogen and oxygen atoms in total. The van der Waals surface area contributed by atoms with E-state index in [1.807, 2.05) is 67.5 Å². The third kappa shape index (κ3) is 3.97. The van der Waals surface area contributed by atoms with Gasteiger partial charge in [0.25, 0.3) is 0 Å². The van der Waals surface area contributed by atoms with Crippen LogP contribution < -0.4 is 10.6 Å². The normalized spacial score (nSPS) is 13.8. The molecule has 0 radical (unpaired) electrons. The zero-order valence-electron chi connectivity index (χ0n) is 12.3. The number of rotatable bonds is 5. The predicted molar refractivity (Wildman–Crippen MR) is 88.9 cm³/mol. The fraction of sp³-hybridized carbons (Fsp3) is 0.294. The minimum atomic E-state index is -0.671. The largest absolute Gasteiger partial charge is 0.391 e. The van der Waals surface area contributed by atoms with Crippen molar-refractivity contribution >= 4 is 17.3 Å². The number of benzene rings is 2. The number of nitrogens with two attached hydrogens (primary N) is 1. The van der Waals surface area contributed by atoms with E-state index < -0.39 is 12.1 Å². The number of halogens is 1. The van der Waals surface area contributed by atoms with Crippen molar-refractivity contribution in [1.29, 1.82) is 0 Å². The van der Waals surface area contributed by atoms with E-state index >= 15 is 0 Å². The quantitative estimate of drug-likeness (QED) is 0.893. The second-order valence-corrected chi connectivity index (χ2v) is 5.79. The zero-order chi connectivity index (χ0) is 15.4. The summed E-state index contributed by atoms with van der Waals surface area (Å²) in [5, 5.41) is 10.9. The highest BCUT2D eigenvalue weighted by Crippen LogP contribution is 2.28. The van der Waals surface area contributed by atoms with Crippen LogP contribution in [0.4, 0.5) is 5.69 Å². The van der Waals surface area contributed by atoms with Gasteiger partial charge in [0.05, 0.1) is 12.1 Å². The van der Waals surface area contributed by atoms with Crippen LogP contribution in [0.5, 0.6) is 0 Å². The molecule has 112 valence electrons. The van der Waals surface area contributed by atoms with Crippen LogP contribution >= 0.6 is 11.6 Å². The van der Waals surface area contributed by atoms with Gasteiger partial charge in [-0.2, -0.15) is 0 Å². The van der Waals surface area contributed by atoms with Gasteiger partial charge in [0, 0.05) is 31.2 Å². The summed E-state index contributed by atoms with van der Waals surface area (Å²) >= 11 is 6.30. The van der Waals surface area contributed by atoms with Crippen LogP contribution in [0.15, 0.2) is 48.5 Å². The Labute approximate surface area is 131 Å². The van der Waals surface area contributed by atoms with Crippen molar-refractivity contribution in [2.45, 2.75) is 18.6 Å². The van der Waals surface area contributed by atoms with Crippen molar-refractivity contribution < 1.29 is 5.11 Å². The smallest absolute Gasteiger partial charge is 0.0773 e. The van der Waals surface area contributed by atoms with Gasteiger partial charge in [-0.25, -0.2) is 0 Å². The van der Waals surface area contributed by atoms with E-state index in [1.54, 1.807) is 0 Å². The molecule has 3 N–H and O–H groups in total. The third-order valence-corrected chi connectivity index (χ3v) is 3.89. The molecule has 2 rings (SSSR count). The van der Waals surface area contributed by atoms with Crippen LogP contribution in [0.2, 0.25) is 5.02 Å². The molecule has 2 aromatic rings. The van der Waals surface area contributed by atoms with Crippen molar-refractivity contribution in [2.75, 3.05) is 19.0 Å². The van der Waals surface area contributed by atoms with Crippen LogP contribution in [-0.4, -0.2) is 25.3 Å². The fourth-order valence-corrected chi connectivity index (χ4v) is 2.56. The van der Waals surface area contributed by atoms with Gasteiger partial charge in [-0.1, -0.05) is 48.0 Å². The van der Waals surface area contributed by atoms with Gasteiger partial charge in [0.2, 0.25) is 0 Å². The first kappa shape index (κ1) is 15.8. The Bertz CT molecular complexity index is 587. The molecule has 0 aliphatic rings. The summed E-state index contributed by atoms with van der Waals surface area (Å²) < 4.78 is 0. The second-order valence-electron chi connectivity index (χ2n) is 5.38. The summed E-state index contributed by atoms with van der Waals surface area (Å²) in [5.41, 5.74) is 9.00. The summed E-state index contributed by atoms with van der Waals surface area (Å²) in [6.45, 7) is 0. The van der Waals surface area contributed by atoms with Crippen LogP contribution in [-0.2, 0) is 6.42 Å². The lowest BCUT2D eigenvalue weighted by molar-refractivity contribution is 0.145. The Balaban J connectivity index is 2.14. The first-order valence-corrected chi connectivity index (χ1v) is 7.31. The van der Waals surface area contributed by atoms with Crippen molar-refractivity contribution in [3.05, 3.63) is 64.7 Å². The van der Waals surface area contributed by atoms with Gasteiger partial charge in [0.15, 0.2) is 0 Å². The molecular formula is C17H21ClN2O. The van der Waals surface area contributed by atoms with E-state index in [0.717, 1.165) is 16.8 Å². The van der Waals surface area contributed by atoms with Crippen molar-refractivity contribution in [2.24, 2.45) is 5.73 Å². The molecule has 0 saturated heterocycles. The topological polar surface area (TPSA) is 49.5 Å². The molecule has 0 aromatic heterocycles. The third-order valence-electron chi connectivity index (χ3n) is 3.56. The standard InChI is InChI=1S/C17H21ClN2O/c1-20(2)13-8-9-14(15(18)11-13)17(19)16(21)10-12-6-4-3-5-7-12/h3-9,11,16-17,21H,10,19H2,1-2H3/t16-,17+/m1/s1. The molecule has 0 aliphatic carbocycles. The van der Waals surface area contributed by atoms with Gasteiger partial charge < -0.3 is 15.7 Å². The Kier molecular flexibility index (Phi) is 5.23. The predicted octanol–water partition coefficient (Wildman–Crippen LogP) is 3.01. The highest BCUT2D eigenvalue weighted by molar-refractivity contribution is 6.31. The highest BCUT2D eigenvalue weighted by Gasteiger charge is 2.20. The lowest BCUT2D eigenvalue weighted by atomic mass is 9.96. The number of hydrogen-bond donors (Lipinski definition) is 2. The summed E-state index contributed by atoms with van der Waals surface area (Å²) in [5.74, 6) is 0. The molecule has 0 aliphatic heterocycles. The summed E-state index contributed by atoms with van der Waals surface area (Å²) in [4.78, 5) is 1.97. The van der Waals surface area contributed by atoms with E-state index in [2.05, 4.69) is 0 Å². The molecule has 0 bridgehead atoms. The van der Waals surface area contributed by atoms with Crippen LogP contribution in [0.1, 0.15) is 17.2 Å². The minimum absolute atomic E-state index is 0.506. The Morgan fingerprint density at radius 1 is 1.14 bits per heavy atom. The van der Waals surface area contributed by atoms with Crippen LogP contribution in [0.3, 0.4) is 0 Å². The van der Waals surface area contributed by atoms with Gasteiger partial charge in [-0.15, -0.1) is 0 Å². The number of anilines is 1. The van der Waals surface area contributed by atoms with Crippen molar-refractivity contribution in [1.82, 2.24) is 0 Å². The Morgan fingerprint density at radius 3 is 2.38 bits per heavy atom. The number of nitrogens with zero attached hydrogens (tertiary/aromatic N) is 1. The first-order valence-electron chi connectivity index (χ1n) is 6.93. The second kappa shape index (κ2) is 6.94. The molecule has 2 atom stereocenters. The monoisotopic (exact) mass is 304 g/mol. The fourth-order valence-electron chi connectivity index (χ4n) is 2.25. The maximum absolute atomic E-state index is 10.3. The average molecular weight is 305 g/mol. The molecular weight excluding hydrogens is 284 g/mol. The maximum atomic E-state index is 10.3. The summed E-state index contributed by atoms with van der Waals surface area (Å²) in [6, 6.07) is 15.0. The van der Waals surface area contributed by atoms with E-state index in [0.29, 0.717) is 11.4 Å². The zero-order valence-corrected chi connectivity index (χ0v) is 13.1. The number of aliphatic hydroxyl groups excluding tert-OH is 1. The van der Waals surface area contributed by atoms with E-state index in [9.17, 15) is 5.11 Å². The van der Waals surface area contributed by atoms with Gasteiger partial charge >= 0.3 is 0 Å². The SMILES string of the molecule is CN(C)c1ccc([C@H](N)[C@H](O)Cc2ccccc2)c(Cl)c1. The van der Waals surface area contributed by atoms with Crippen molar-refractivity contribution in [3.8, 4) is 0 Å². The summed E-state index contributed by atoms with van der Waals surface area (Å²) in [7, 11) is 3.91. The lowest BCUT2D eigenvalue weighted by Gasteiger charge is -2.22. The van der Waals surface area contributed by atoms with Crippen molar-refractivity contribution in [3.63, 3.8) is 0 Å².